The molecule has 1 aromatic carbocycles. The number of ether oxygens (including phenoxy) is 1. The average Bonchev–Trinajstić information content (AvgIpc) is 2.37. The first-order valence-corrected chi connectivity index (χ1v) is 5.41. The van der Waals surface area contributed by atoms with E-state index in [1.807, 2.05) is 18.2 Å². The van der Waals surface area contributed by atoms with Crippen molar-refractivity contribution in [2.45, 2.75) is 13.0 Å². The average molecular weight is 231 g/mol. The molecule has 17 heavy (non-hydrogen) atoms. The van der Waals surface area contributed by atoms with Crippen LogP contribution in [-0.2, 0) is 9.53 Å². The third-order valence-electron chi connectivity index (χ3n) is 2.46. The molecule has 4 nitrogen and oxygen atoms in total. The van der Waals surface area contributed by atoms with E-state index in [-0.39, 0.29) is 6.61 Å². The third kappa shape index (κ3) is 2.42. The first kappa shape index (κ1) is 11.5. The van der Waals surface area contributed by atoms with Crippen molar-refractivity contribution in [1.29, 1.82) is 0 Å². The minimum absolute atomic E-state index is 0.252. The first-order chi connectivity index (χ1) is 8.22. The molecule has 1 N–H and O–H groups in total. The number of fused-ring (bicyclic) bond motifs is 1. The van der Waals surface area contributed by atoms with Crippen molar-refractivity contribution in [1.82, 2.24) is 4.98 Å². The number of nitrogens with zero attached hydrogens (tertiary/aromatic N) is 1. The number of hydrogen-bond acceptors (Lipinski definition) is 4. The molecule has 0 spiro atoms. The molecule has 1 heterocycles. The van der Waals surface area contributed by atoms with Gasteiger partial charge in [-0.05, 0) is 24.6 Å². The van der Waals surface area contributed by atoms with E-state index in [2.05, 4.69) is 4.98 Å². The van der Waals surface area contributed by atoms with Crippen LogP contribution in [0.5, 0.6) is 0 Å². The van der Waals surface area contributed by atoms with Gasteiger partial charge in [0.25, 0.3) is 0 Å². The molecule has 0 aliphatic carbocycles. The molecule has 0 saturated heterocycles. The summed E-state index contributed by atoms with van der Waals surface area (Å²) in [6.45, 7) is 1.95. The number of benzene rings is 1. The highest BCUT2D eigenvalue weighted by molar-refractivity contribution is 5.82. The summed E-state index contributed by atoms with van der Waals surface area (Å²) in [5.41, 5.74) is 1.24. The van der Waals surface area contributed by atoms with Gasteiger partial charge in [-0.3, -0.25) is 4.98 Å². The van der Waals surface area contributed by atoms with E-state index in [0.29, 0.717) is 5.56 Å². The van der Waals surface area contributed by atoms with Gasteiger partial charge in [-0.25, -0.2) is 4.79 Å². The molecule has 1 atom stereocenters. The normalized spacial score (nSPS) is 12.4. The first-order valence-electron chi connectivity index (χ1n) is 5.41. The molecule has 0 saturated carbocycles. The van der Waals surface area contributed by atoms with Gasteiger partial charge in [0.15, 0.2) is 6.10 Å². The van der Waals surface area contributed by atoms with E-state index in [4.69, 9.17) is 4.74 Å². The van der Waals surface area contributed by atoms with Crippen molar-refractivity contribution < 1.29 is 14.6 Å². The fraction of sp³-hybridized carbons (Fsp3) is 0.231. The molecular weight excluding hydrogens is 218 g/mol. The lowest BCUT2D eigenvalue weighted by atomic mass is 10.1. The topological polar surface area (TPSA) is 59.4 Å². The largest absolute Gasteiger partial charge is 0.464 e. The Morgan fingerprint density at radius 3 is 3.06 bits per heavy atom. The molecule has 0 aliphatic heterocycles. The lowest BCUT2D eigenvalue weighted by Crippen LogP contribution is -2.15. The Kier molecular flexibility index (Phi) is 3.35. The predicted octanol–water partition coefficient (Wildman–Crippen LogP) is 1.83. The number of aromatic nitrogens is 1. The van der Waals surface area contributed by atoms with Crippen molar-refractivity contribution in [3.05, 3.63) is 42.1 Å². The van der Waals surface area contributed by atoms with Gasteiger partial charge in [0.2, 0.25) is 0 Å². The van der Waals surface area contributed by atoms with Crippen LogP contribution in [0, 0.1) is 0 Å². The van der Waals surface area contributed by atoms with Gasteiger partial charge in [-0.1, -0.05) is 18.2 Å². The van der Waals surface area contributed by atoms with Gasteiger partial charge in [-0.2, -0.15) is 0 Å². The Labute approximate surface area is 98.9 Å². The van der Waals surface area contributed by atoms with Crippen molar-refractivity contribution in [3.8, 4) is 0 Å². The van der Waals surface area contributed by atoms with E-state index >= 15 is 0 Å². The molecule has 2 rings (SSSR count). The summed E-state index contributed by atoms with van der Waals surface area (Å²) in [5.74, 6) is -0.636. The smallest absolute Gasteiger partial charge is 0.339 e. The van der Waals surface area contributed by atoms with Crippen LogP contribution in [0.3, 0.4) is 0 Å². The molecule has 0 bridgehead atoms. The van der Waals surface area contributed by atoms with Crippen molar-refractivity contribution in [3.63, 3.8) is 0 Å². The number of hydrogen-bond donors (Lipinski definition) is 1. The number of rotatable bonds is 3. The third-order valence-corrected chi connectivity index (χ3v) is 2.46. The maximum absolute atomic E-state index is 11.4. The SMILES string of the molecule is CCOC(=O)C(O)c1ccc2cccnc2c1. The zero-order chi connectivity index (χ0) is 12.3. The molecule has 1 unspecified atom stereocenters. The maximum atomic E-state index is 11.4. The Hall–Kier alpha value is -1.94. The lowest BCUT2D eigenvalue weighted by Gasteiger charge is -2.10. The summed E-state index contributed by atoms with van der Waals surface area (Å²) in [7, 11) is 0. The molecule has 0 fully saturated rings. The zero-order valence-corrected chi connectivity index (χ0v) is 9.46. The highest BCUT2D eigenvalue weighted by atomic mass is 16.5. The second kappa shape index (κ2) is 4.93. The number of pyridine rings is 1. The predicted molar refractivity (Wildman–Crippen MR) is 63.3 cm³/mol. The van der Waals surface area contributed by atoms with Crippen LogP contribution in [0.15, 0.2) is 36.5 Å². The summed E-state index contributed by atoms with van der Waals surface area (Å²) in [6.07, 6.45) is 0.421. The summed E-state index contributed by atoms with van der Waals surface area (Å²) in [6, 6.07) is 8.97. The van der Waals surface area contributed by atoms with Gasteiger partial charge in [0.1, 0.15) is 0 Å². The Balaban J connectivity index is 2.32. The standard InChI is InChI=1S/C13H13NO3/c1-2-17-13(16)12(15)10-6-5-9-4-3-7-14-11(9)8-10/h3-8,12,15H,2H2,1H3. The van der Waals surface area contributed by atoms with E-state index in [0.717, 1.165) is 10.9 Å². The van der Waals surface area contributed by atoms with E-state index in [9.17, 15) is 9.90 Å². The Morgan fingerprint density at radius 2 is 2.29 bits per heavy atom. The van der Waals surface area contributed by atoms with Crippen LogP contribution in [0.2, 0.25) is 0 Å². The quantitative estimate of drug-likeness (QED) is 0.819. The molecule has 0 radical (unpaired) electrons. The molecular formula is C13H13NO3. The maximum Gasteiger partial charge on any atom is 0.339 e. The molecule has 0 aliphatic rings. The highest BCUT2D eigenvalue weighted by Crippen LogP contribution is 2.19. The van der Waals surface area contributed by atoms with Crippen LogP contribution in [-0.4, -0.2) is 22.7 Å². The van der Waals surface area contributed by atoms with E-state index in [1.54, 1.807) is 25.3 Å². The molecule has 88 valence electrons. The fourth-order valence-electron chi connectivity index (χ4n) is 1.61. The van der Waals surface area contributed by atoms with Crippen molar-refractivity contribution >= 4 is 16.9 Å². The van der Waals surface area contributed by atoms with Crippen LogP contribution in [0.25, 0.3) is 10.9 Å². The van der Waals surface area contributed by atoms with Gasteiger partial charge in [0, 0.05) is 11.6 Å². The summed E-state index contributed by atoms with van der Waals surface area (Å²) >= 11 is 0. The molecule has 0 amide bonds. The second-order valence-electron chi connectivity index (χ2n) is 3.61. The minimum atomic E-state index is -1.25. The Bertz CT molecular complexity index is 539. The highest BCUT2D eigenvalue weighted by Gasteiger charge is 2.18. The van der Waals surface area contributed by atoms with Crippen LogP contribution >= 0.6 is 0 Å². The number of aliphatic hydroxyl groups excluding tert-OH is 1. The van der Waals surface area contributed by atoms with E-state index < -0.39 is 12.1 Å². The minimum Gasteiger partial charge on any atom is -0.464 e. The lowest BCUT2D eigenvalue weighted by molar-refractivity contribution is -0.153. The van der Waals surface area contributed by atoms with Gasteiger partial charge in [0.05, 0.1) is 12.1 Å². The number of carbonyl (C=O) groups excluding carboxylic acids is 1. The monoisotopic (exact) mass is 231 g/mol. The summed E-state index contributed by atoms with van der Waals surface area (Å²) in [5, 5.41) is 10.7. The molecule has 2 aromatic rings. The second-order valence-corrected chi connectivity index (χ2v) is 3.61. The van der Waals surface area contributed by atoms with Gasteiger partial charge >= 0.3 is 5.97 Å². The van der Waals surface area contributed by atoms with Crippen molar-refractivity contribution in [2.24, 2.45) is 0 Å². The van der Waals surface area contributed by atoms with Gasteiger partial charge in [-0.15, -0.1) is 0 Å². The summed E-state index contributed by atoms with van der Waals surface area (Å²) in [4.78, 5) is 15.6. The van der Waals surface area contributed by atoms with E-state index in [1.165, 1.54) is 0 Å². The summed E-state index contributed by atoms with van der Waals surface area (Å²) < 4.78 is 4.76. The number of aliphatic hydroxyl groups is 1. The van der Waals surface area contributed by atoms with Crippen LogP contribution < -0.4 is 0 Å². The molecule has 4 heteroatoms. The Morgan fingerprint density at radius 1 is 1.47 bits per heavy atom. The van der Waals surface area contributed by atoms with Crippen molar-refractivity contribution in [2.75, 3.05) is 6.61 Å². The number of carbonyl (C=O) groups is 1. The van der Waals surface area contributed by atoms with Crippen LogP contribution in [0.4, 0.5) is 0 Å². The fourth-order valence-corrected chi connectivity index (χ4v) is 1.61. The molecule has 1 aromatic heterocycles. The van der Waals surface area contributed by atoms with Gasteiger partial charge < -0.3 is 9.84 Å². The number of esters is 1. The zero-order valence-electron chi connectivity index (χ0n) is 9.46. The van der Waals surface area contributed by atoms with Crippen LogP contribution in [0.1, 0.15) is 18.6 Å².